The number of Topliss-reactive ketones (excluding diaryl/α,β-unsaturated/α-hetero) is 1. The number of aliphatic hydroxyl groups excluding tert-OH is 1. The summed E-state index contributed by atoms with van der Waals surface area (Å²) in [6.07, 6.45) is 5.01. The molecule has 0 bridgehead atoms. The van der Waals surface area contributed by atoms with E-state index in [1.807, 2.05) is 0 Å². The molecule has 0 saturated heterocycles. The van der Waals surface area contributed by atoms with Gasteiger partial charge in [0.1, 0.15) is 5.82 Å². The van der Waals surface area contributed by atoms with Crippen LogP contribution in [0.3, 0.4) is 0 Å². The minimum Gasteiger partial charge on any atom is -0.503 e. The van der Waals surface area contributed by atoms with Gasteiger partial charge in [0.15, 0.2) is 11.5 Å². The van der Waals surface area contributed by atoms with E-state index in [-0.39, 0.29) is 17.3 Å². The van der Waals surface area contributed by atoms with Crippen LogP contribution in [-0.2, 0) is 9.59 Å². The molecule has 1 aromatic carbocycles. The number of nitrogens with zero attached hydrogens (tertiary/aromatic N) is 1. The molecule has 1 N–H and O–H groups in total. The lowest BCUT2D eigenvalue weighted by molar-refractivity contribution is -0.117. The number of carbonyl (C=O) groups excluding carboxylic acids is 2. The number of benzene rings is 1. The molecule has 4 nitrogen and oxygen atoms in total. The van der Waals surface area contributed by atoms with E-state index in [4.69, 9.17) is 0 Å². The van der Waals surface area contributed by atoms with Crippen LogP contribution in [0.15, 0.2) is 35.6 Å². The highest BCUT2D eigenvalue weighted by molar-refractivity contribution is 6.16. The lowest BCUT2D eigenvalue weighted by atomic mass is 9.80. The van der Waals surface area contributed by atoms with Gasteiger partial charge in [-0.1, -0.05) is 25.3 Å². The highest BCUT2D eigenvalue weighted by Gasteiger charge is 2.46. The number of amides is 1. The molecule has 1 fully saturated rings. The molecule has 1 amide bonds. The molecular formula is C18H20FNO3. The predicted molar refractivity (Wildman–Crippen MR) is 84.6 cm³/mol. The molecular weight excluding hydrogens is 297 g/mol. The van der Waals surface area contributed by atoms with Crippen molar-refractivity contribution in [2.45, 2.75) is 45.1 Å². The summed E-state index contributed by atoms with van der Waals surface area (Å²) in [6.45, 7) is 1.36. The Hall–Kier alpha value is -2.17. The number of ketones is 1. The molecule has 1 atom stereocenters. The second-order valence-corrected chi connectivity index (χ2v) is 6.32. The Bertz CT molecular complexity index is 677. The van der Waals surface area contributed by atoms with E-state index in [0.29, 0.717) is 5.69 Å². The van der Waals surface area contributed by atoms with Crippen molar-refractivity contribution in [3.8, 4) is 0 Å². The summed E-state index contributed by atoms with van der Waals surface area (Å²) in [5.41, 5.74) is 0.555. The number of rotatable bonds is 3. The Morgan fingerprint density at radius 1 is 1.26 bits per heavy atom. The van der Waals surface area contributed by atoms with Crippen molar-refractivity contribution >= 4 is 17.4 Å². The maximum absolute atomic E-state index is 13.6. The van der Waals surface area contributed by atoms with Crippen LogP contribution in [0.1, 0.15) is 39.0 Å². The predicted octanol–water partition coefficient (Wildman–Crippen LogP) is 3.52. The fourth-order valence-corrected chi connectivity index (χ4v) is 3.80. The van der Waals surface area contributed by atoms with Gasteiger partial charge >= 0.3 is 0 Å². The molecule has 0 radical (unpaired) electrons. The van der Waals surface area contributed by atoms with Gasteiger partial charge in [-0.15, -0.1) is 0 Å². The van der Waals surface area contributed by atoms with Crippen molar-refractivity contribution in [2.24, 2.45) is 5.92 Å². The van der Waals surface area contributed by atoms with Crippen LogP contribution in [0, 0.1) is 11.7 Å². The molecule has 5 heteroatoms. The summed E-state index contributed by atoms with van der Waals surface area (Å²) in [4.78, 5) is 26.0. The molecule has 1 aliphatic carbocycles. The van der Waals surface area contributed by atoms with Crippen molar-refractivity contribution in [1.29, 1.82) is 0 Å². The van der Waals surface area contributed by atoms with Crippen LogP contribution in [-0.4, -0.2) is 22.8 Å². The first kappa shape index (κ1) is 15.7. The van der Waals surface area contributed by atoms with Crippen LogP contribution in [0.4, 0.5) is 10.1 Å². The van der Waals surface area contributed by atoms with Crippen molar-refractivity contribution in [3.63, 3.8) is 0 Å². The summed E-state index contributed by atoms with van der Waals surface area (Å²) in [6, 6.07) is 5.23. The summed E-state index contributed by atoms with van der Waals surface area (Å²) in [5.74, 6) is -1.74. The number of hydrogen-bond donors (Lipinski definition) is 1. The highest BCUT2D eigenvalue weighted by atomic mass is 19.1. The van der Waals surface area contributed by atoms with Gasteiger partial charge in [0.25, 0.3) is 5.91 Å². The second-order valence-electron chi connectivity index (χ2n) is 6.32. The molecule has 1 heterocycles. The quantitative estimate of drug-likeness (QED) is 0.928. The summed E-state index contributed by atoms with van der Waals surface area (Å²) in [7, 11) is 0. The number of carbonyl (C=O) groups is 2. The molecule has 1 unspecified atom stereocenters. The monoisotopic (exact) mass is 317 g/mol. The molecule has 1 aliphatic heterocycles. The molecule has 1 saturated carbocycles. The molecule has 122 valence electrons. The van der Waals surface area contributed by atoms with E-state index in [0.717, 1.165) is 32.1 Å². The minimum absolute atomic E-state index is 0.111. The Kier molecular flexibility index (Phi) is 4.20. The standard InChI is InChI=1S/C18H20FNO3/c1-11(21)15-16(12-6-3-2-4-7-12)20(18(23)17(15)22)14-9-5-8-13(19)10-14/h5,8-10,12,16,22H,2-4,6-7H2,1H3. The normalized spacial score (nSPS) is 22.8. The molecule has 2 aliphatic rings. The van der Waals surface area contributed by atoms with Crippen LogP contribution in [0.25, 0.3) is 0 Å². The van der Waals surface area contributed by atoms with Crippen LogP contribution in [0.5, 0.6) is 0 Å². The van der Waals surface area contributed by atoms with Crippen LogP contribution >= 0.6 is 0 Å². The third-order valence-corrected chi connectivity index (χ3v) is 4.81. The maximum Gasteiger partial charge on any atom is 0.294 e. The first-order valence-corrected chi connectivity index (χ1v) is 8.04. The van der Waals surface area contributed by atoms with E-state index >= 15 is 0 Å². The molecule has 0 aromatic heterocycles. The van der Waals surface area contributed by atoms with Gasteiger partial charge in [-0.3, -0.25) is 14.5 Å². The molecule has 23 heavy (non-hydrogen) atoms. The minimum atomic E-state index is -0.614. The Balaban J connectivity index is 2.06. The third kappa shape index (κ3) is 2.76. The zero-order valence-electron chi connectivity index (χ0n) is 13.1. The van der Waals surface area contributed by atoms with E-state index in [9.17, 15) is 19.1 Å². The third-order valence-electron chi connectivity index (χ3n) is 4.81. The zero-order chi connectivity index (χ0) is 16.6. The van der Waals surface area contributed by atoms with Crippen molar-refractivity contribution in [1.82, 2.24) is 0 Å². The fraction of sp³-hybridized carbons (Fsp3) is 0.444. The zero-order valence-corrected chi connectivity index (χ0v) is 13.1. The summed E-state index contributed by atoms with van der Waals surface area (Å²) >= 11 is 0. The van der Waals surface area contributed by atoms with E-state index in [1.54, 1.807) is 6.07 Å². The Morgan fingerprint density at radius 2 is 1.96 bits per heavy atom. The van der Waals surface area contributed by atoms with Gasteiger partial charge in [0, 0.05) is 5.69 Å². The van der Waals surface area contributed by atoms with Gasteiger partial charge in [-0.25, -0.2) is 4.39 Å². The van der Waals surface area contributed by atoms with E-state index in [2.05, 4.69) is 0 Å². The Morgan fingerprint density at radius 3 is 2.57 bits per heavy atom. The van der Waals surface area contributed by atoms with Gasteiger partial charge in [0.2, 0.25) is 0 Å². The highest BCUT2D eigenvalue weighted by Crippen LogP contribution is 2.40. The van der Waals surface area contributed by atoms with E-state index < -0.39 is 23.5 Å². The Labute approximate surface area is 134 Å². The fourth-order valence-electron chi connectivity index (χ4n) is 3.80. The lowest BCUT2D eigenvalue weighted by Gasteiger charge is -2.35. The lowest BCUT2D eigenvalue weighted by Crippen LogP contribution is -2.42. The first-order chi connectivity index (χ1) is 11.0. The van der Waals surface area contributed by atoms with Crippen molar-refractivity contribution in [2.75, 3.05) is 4.90 Å². The summed E-state index contributed by atoms with van der Waals surface area (Å²) in [5, 5.41) is 10.2. The van der Waals surface area contributed by atoms with Gasteiger partial charge in [-0.05, 0) is 43.9 Å². The van der Waals surface area contributed by atoms with Crippen molar-refractivity contribution < 1.29 is 19.1 Å². The first-order valence-electron chi connectivity index (χ1n) is 8.04. The van der Waals surface area contributed by atoms with Crippen molar-refractivity contribution in [3.05, 3.63) is 41.4 Å². The van der Waals surface area contributed by atoms with Gasteiger partial charge in [-0.2, -0.15) is 0 Å². The van der Waals surface area contributed by atoms with Crippen LogP contribution < -0.4 is 4.90 Å². The number of hydrogen-bond acceptors (Lipinski definition) is 3. The molecule has 1 aromatic rings. The number of aliphatic hydroxyl groups is 1. The second kappa shape index (κ2) is 6.14. The maximum atomic E-state index is 13.6. The average Bonchev–Trinajstić information content (AvgIpc) is 2.80. The molecule has 0 spiro atoms. The number of anilines is 1. The topological polar surface area (TPSA) is 57.6 Å². The smallest absolute Gasteiger partial charge is 0.294 e. The summed E-state index contributed by atoms with van der Waals surface area (Å²) < 4.78 is 13.6. The average molecular weight is 317 g/mol. The van der Waals surface area contributed by atoms with E-state index in [1.165, 1.54) is 30.0 Å². The van der Waals surface area contributed by atoms with Crippen LogP contribution in [0.2, 0.25) is 0 Å². The van der Waals surface area contributed by atoms with Gasteiger partial charge in [0.05, 0.1) is 11.6 Å². The SMILES string of the molecule is CC(=O)C1=C(O)C(=O)N(c2cccc(F)c2)C1C1CCCCC1. The largest absolute Gasteiger partial charge is 0.503 e. The van der Waals surface area contributed by atoms with Gasteiger partial charge < -0.3 is 5.11 Å². The molecule has 3 rings (SSSR count). The number of halogens is 1.